The van der Waals surface area contributed by atoms with Crippen LogP contribution in [-0.2, 0) is 0 Å². The number of rotatable bonds is 7. The van der Waals surface area contributed by atoms with Gasteiger partial charge in [-0.3, -0.25) is 0 Å². The van der Waals surface area contributed by atoms with Crippen LogP contribution in [-0.4, -0.2) is 35.0 Å². The van der Waals surface area contributed by atoms with E-state index in [0.717, 1.165) is 23.7 Å². The van der Waals surface area contributed by atoms with Crippen molar-refractivity contribution in [2.45, 2.75) is 24.4 Å². The molecule has 0 bridgehead atoms. The summed E-state index contributed by atoms with van der Waals surface area (Å²) in [6.07, 6.45) is 2.77. The lowest BCUT2D eigenvalue weighted by Gasteiger charge is -2.13. The zero-order valence-electron chi connectivity index (χ0n) is 9.02. The van der Waals surface area contributed by atoms with Crippen molar-refractivity contribution in [3.63, 3.8) is 0 Å². The van der Waals surface area contributed by atoms with Crippen LogP contribution in [0.15, 0.2) is 29.4 Å². The minimum Gasteiger partial charge on any atom is -0.395 e. The summed E-state index contributed by atoms with van der Waals surface area (Å²) in [6.45, 7) is 3.16. The quantitative estimate of drug-likeness (QED) is 0.692. The van der Waals surface area contributed by atoms with Crippen molar-refractivity contribution in [1.82, 2.24) is 10.3 Å². The number of hydrogen-bond acceptors (Lipinski definition) is 4. The Hall–Kier alpha value is -0.580. The standard InChI is InChI=1S/C11H18N2OS/c1-2-12-10(9-14)6-8-15-11-5-3-4-7-13-11/h3-5,7,10,12,14H,2,6,8-9H2,1H3. The van der Waals surface area contributed by atoms with Crippen LogP contribution in [0, 0.1) is 0 Å². The van der Waals surface area contributed by atoms with E-state index < -0.39 is 0 Å². The highest BCUT2D eigenvalue weighted by atomic mass is 32.2. The van der Waals surface area contributed by atoms with Crippen molar-refractivity contribution in [3.05, 3.63) is 24.4 Å². The van der Waals surface area contributed by atoms with Gasteiger partial charge in [0, 0.05) is 18.0 Å². The smallest absolute Gasteiger partial charge is 0.0959 e. The number of aliphatic hydroxyl groups excluding tert-OH is 1. The van der Waals surface area contributed by atoms with E-state index in [9.17, 15) is 0 Å². The molecule has 0 amide bonds. The van der Waals surface area contributed by atoms with Gasteiger partial charge in [-0.2, -0.15) is 0 Å². The minimum atomic E-state index is 0.205. The second kappa shape index (κ2) is 7.68. The zero-order chi connectivity index (χ0) is 10.9. The lowest BCUT2D eigenvalue weighted by atomic mass is 10.2. The van der Waals surface area contributed by atoms with Crippen LogP contribution >= 0.6 is 11.8 Å². The molecule has 84 valence electrons. The van der Waals surface area contributed by atoms with Crippen molar-refractivity contribution in [2.75, 3.05) is 18.9 Å². The molecule has 0 saturated carbocycles. The summed E-state index contributed by atoms with van der Waals surface area (Å²) in [5.41, 5.74) is 0. The van der Waals surface area contributed by atoms with E-state index in [0.29, 0.717) is 0 Å². The fourth-order valence-electron chi connectivity index (χ4n) is 1.28. The molecule has 4 heteroatoms. The lowest BCUT2D eigenvalue weighted by molar-refractivity contribution is 0.242. The van der Waals surface area contributed by atoms with Crippen molar-refractivity contribution >= 4 is 11.8 Å². The lowest BCUT2D eigenvalue weighted by Crippen LogP contribution is -2.32. The maximum atomic E-state index is 9.07. The predicted molar refractivity (Wildman–Crippen MR) is 64.1 cm³/mol. The van der Waals surface area contributed by atoms with Crippen molar-refractivity contribution in [2.24, 2.45) is 0 Å². The molecule has 0 aliphatic heterocycles. The Morgan fingerprint density at radius 2 is 2.40 bits per heavy atom. The second-order valence-electron chi connectivity index (χ2n) is 3.24. The average Bonchev–Trinajstić information content (AvgIpc) is 2.29. The summed E-state index contributed by atoms with van der Waals surface area (Å²) in [4.78, 5) is 4.23. The molecule has 1 aromatic rings. The first-order valence-electron chi connectivity index (χ1n) is 5.25. The Labute approximate surface area is 95.3 Å². The molecule has 1 heterocycles. The molecule has 0 saturated heterocycles. The number of thioether (sulfide) groups is 1. The molecule has 1 rings (SSSR count). The van der Waals surface area contributed by atoms with Gasteiger partial charge in [-0.05, 0) is 25.1 Å². The number of aromatic nitrogens is 1. The fourth-order valence-corrected chi connectivity index (χ4v) is 2.21. The first-order chi connectivity index (χ1) is 7.36. The van der Waals surface area contributed by atoms with Gasteiger partial charge in [0.15, 0.2) is 0 Å². The molecular weight excluding hydrogens is 208 g/mol. The highest BCUT2D eigenvalue weighted by Gasteiger charge is 2.05. The Morgan fingerprint density at radius 1 is 1.53 bits per heavy atom. The summed E-state index contributed by atoms with van der Waals surface area (Å²) in [5.74, 6) is 0.981. The molecule has 1 atom stereocenters. The number of likely N-dealkylation sites (N-methyl/N-ethyl adjacent to an activating group) is 1. The van der Waals surface area contributed by atoms with Gasteiger partial charge in [-0.1, -0.05) is 13.0 Å². The van der Waals surface area contributed by atoms with E-state index >= 15 is 0 Å². The summed E-state index contributed by atoms with van der Waals surface area (Å²) in [7, 11) is 0. The maximum Gasteiger partial charge on any atom is 0.0959 e. The van der Waals surface area contributed by atoms with Crippen LogP contribution in [0.25, 0.3) is 0 Å². The van der Waals surface area contributed by atoms with Crippen molar-refractivity contribution < 1.29 is 5.11 Å². The van der Waals surface area contributed by atoms with Gasteiger partial charge in [0.05, 0.1) is 11.6 Å². The van der Waals surface area contributed by atoms with Crippen LogP contribution in [0.2, 0.25) is 0 Å². The van der Waals surface area contributed by atoms with E-state index in [1.807, 2.05) is 18.2 Å². The number of nitrogens with zero attached hydrogens (tertiary/aromatic N) is 1. The average molecular weight is 226 g/mol. The van der Waals surface area contributed by atoms with Gasteiger partial charge in [0.1, 0.15) is 0 Å². The number of aliphatic hydroxyl groups is 1. The topological polar surface area (TPSA) is 45.1 Å². The first-order valence-corrected chi connectivity index (χ1v) is 6.23. The fraction of sp³-hybridized carbons (Fsp3) is 0.545. The maximum absolute atomic E-state index is 9.07. The van der Waals surface area contributed by atoms with Gasteiger partial charge in [0.25, 0.3) is 0 Å². The Kier molecular flexibility index (Phi) is 6.39. The highest BCUT2D eigenvalue weighted by Crippen LogP contribution is 2.15. The van der Waals surface area contributed by atoms with E-state index in [4.69, 9.17) is 5.11 Å². The first kappa shape index (κ1) is 12.5. The third kappa shape index (κ3) is 5.16. The molecule has 0 aliphatic carbocycles. The van der Waals surface area contributed by atoms with E-state index in [1.165, 1.54) is 0 Å². The van der Waals surface area contributed by atoms with E-state index in [1.54, 1.807) is 18.0 Å². The third-order valence-electron chi connectivity index (χ3n) is 2.07. The summed E-state index contributed by atoms with van der Waals surface area (Å²) in [6, 6.07) is 6.13. The van der Waals surface area contributed by atoms with Gasteiger partial charge in [-0.15, -0.1) is 11.8 Å². The van der Waals surface area contributed by atoms with Crippen LogP contribution < -0.4 is 5.32 Å². The van der Waals surface area contributed by atoms with E-state index in [-0.39, 0.29) is 12.6 Å². The largest absolute Gasteiger partial charge is 0.395 e. The molecule has 0 radical (unpaired) electrons. The number of nitrogens with one attached hydrogen (secondary N) is 1. The molecule has 0 aromatic carbocycles. The molecule has 0 aliphatic rings. The number of hydrogen-bond donors (Lipinski definition) is 2. The highest BCUT2D eigenvalue weighted by molar-refractivity contribution is 7.99. The third-order valence-corrected chi connectivity index (χ3v) is 3.04. The minimum absolute atomic E-state index is 0.205. The summed E-state index contributed by atoms with van der Waals surface area (Å²) < 4.78 is 0. The Bertz CT molecular complexity index is 256. The van der Waals surface area contributed by atoms with Crippen LogP contribution in [0.5, 0.6) is 0 Å². The normalized spacial score (nSPS) is 12.7. The second-order valence-corrected chi connectivity index (χ2v) is 4.36. The number of pyridine rings is 1. The molecule has 0 fully saturated rings. The van der Waals surface area contributed by atoms with Crippen LogP contribution in [0.4, 0.5) is 0 Å². The molecule has 15 heavy (non-hydrogen) atoms. The van der Waals surface area contributed by atoms with Gasteiger partial charge < -0.3 is 10.4 Å². The summed E-state index contributed by atoms with van der Waals surface area (Å²) in [5, 5.41) is 13.3. The van der Waals surface area contributed by atoms with Crippen molar-refractivity contribution in [1.29, 1.82) is 0 Å². The SMILES string of the molecule is CCNC(CO)CCSc1ccccn1. The predicted octanol–water partition coefficient (Wildman–Crippen LogP) is 1.53. The molecule has 2 N–H and O–H groups in total. The molecule has 1 aromatic heterocycles. The molecular formula is C11H18N2OS. The Balaban J connectivity index is 2.20. The van der Waals surface area contributed by atoms with Gasteiger partial charge in [-0.25, -0.2) is 4.98 Å². The monoisotopic (exact) mass is 226 g/mol. The van der Waals surface area contributed by atoms with Gasteiger partial charge >= 0.3 is 0 Å². The molecule has 3 nitrogen and oxygen atoms in total. The Morgan fingerprint density at radius 3 is 3.00 bits per heavy atom. The summed E-state index contributed by atoms with van der Waals surface area (Å²) >= 11 is 1.73. The van der Waals surface area contributed by atoms with Gasteiger partial charge in [0.2, 0.25) is 0 Å². The van der Waals surface area contributed by atoms with Crippen LogP contribution in [0.3, 0.4) is 0 Å². The molecule has 0 spiro atoms. The van der Waals surface area contributed by atoms with Crippen molar-refractivity contribution in [3.8, 4) is 0 Å². The van der Waals surface area contributed by atoms with E-state index in [2.05, 4.69) is 17.2 Å². The molecule has 1 unspecified atom stereocenters. The zero-order valence-corrected chi connectivity index (χ0v) is 9.83. The van der Waals surface area contributed by atoms with Crippen LogP contribution in [0.1, 0.15) is 13.3 Å².